The first kappa shape index (κ1) is 19.5. The van der Waals surface area contributed by atoms with Gasteiger partial charge in [0.1, 0.15) is 5.82 Å². The number of carbonyl (C=O) groups excluding carboxylic acids is 1. The highest BCUT2D eigenvalue weighted by molar-refractivity contribution is 7.80. The highest BCUT2D eigenvalue weighted by atomic mass is 32.2. The molecule has 2 fully saturated rings. The first-order valence-corrected chi connectivity index (χ1v) is 10.6. The van der Waals surface area contributed by atoms with Gasteiger partial charge in [-0.3, -0.25) is 9.00 Å². The maximum Gasteiger partial charge on any atom is 0.252 e. The summed E-state index contributed by atoms with van der Waals surface area (Å²) < 4.78 is 23.8. The van der Waals surface area contributed by atoms with E-state index in [-0.39, 0.29) is 0 Å². The van der Waals surface area contributed by atoms with Gasteiger partial charge in [0.05, 0.1) is 11.3 Å². The fourth-order valence-electron chi connectivity index (χ4n) is 3.41. The molecular weight excluding hydrogens is 392 g/mol. The summed E-state index contributed by atoms with van der Waals surface area (Å²) in [6, 6.07) is 9.63. The van der Waals surface area contributed by atoms with Crippen molar-refractivity contribution in [2.75, 3.05) is 46.0 Å². The normalized spacial score (nSPS) is 17.7. The fourth-order valence-corrected chi connectivity index (χ4v) is 3.74. The lowest BCUT2D eigenvalue weighted by molar-refractivity contribution is 0.100. The zero-order chi connectivity index (χ0) is 20.4. The third-order valence-electron chi connectivity index (χ3n) is 5.13. The average molecular weight is 415 g/mol. The van der Waals surface area contributed by atoms with Crippen molar-refractivity contribution in [3.8, 4) is 0 Å². The molecule has 2 heterocycles. The third-order valence-corrected chi connectivity index (χ3v) is 5.53. The summed E-state index contributed by atoms with van der Waals surface area (Å²) in [5, 5.41) is 3.37. The number of rotatable bonds is 7. The zero-order valence-corrected chi connectivity index (χ0v) is 16.7. The Hall–Kier alpha value is -2.85. The van der Waals surface area contributed by atoms with Crippen LogP contribution in [-0.2, 0) is 11.3 Å². The maximum absolute atomic E-state index is 11.7. The minimum Gasteiger partial charge on any atom is -0.755 e. The molecule has 0 radical (unpaired) electrons. The molecule has 4 rings (SSSR count). The highest BCUT2D eigenvalue weighted by Gasteiger charge is 2.25. The SMILES string of the molecule is NC(=O)c1cnc(N2CCN(c3ccc(NS(=O)[O-])cc3)CC2)cc1NC1CC1. The lowest BCUT2D eigenvalue weighted by atomic mass is 10.2. The Morgan fingerprint density at radius 1 is 1.14 bits per heavy atom. The van der Waals surface area contributed by atoms with E-state index < -0.39 is 17.2 Å². The number of carbonyl (C=O) groups is 1. The Morgan fingerprint density at radius 2 is 1.79 bits per heavy atom. The van der Waals surface area contributed by atoms with Gasteiger partial charge >= 0.3 is 0 Å². The molecule has 1 saturated carbocycles. The second-order valence-corrected chi connectivity index (χ2v) is 7.90. The van der Waals surface area contributed by atoms with Crippen molar-refractivity contribution in [1.29, 1.82) is 0 Å². The number of hydrogen-bond donors (Lipinski definition) is 3. The molecule has 2 aromatic rings. The number of hydrogen-bond acceptors (Lipinski definition) is 7. The van der Waals surface area contributed by atoms with Gasteiger partial charge in [-0.1, -0.05) is 0 Å². The van der Waals surface area contributed by atoms with Gasteiger partial charge in [0, 0.05) is 67.1 Å². The third kappa shape index (κ3) is 4.77. The van der Waals surface area contributed by atoms with E-state index in [1.54, 1.807) is 18.3 Å². The van der Waals surface area contributed by atoms with Gasteiger partial charge in [0.25, 0.3) is 5.91 Å². The van der Waals surface area contributed by atoms with Crippen LogP contribution in [0.4, 0.5) is 22.9 Å². The number of primary amides is 1. The number of piperazine rings is 1. The van der Waals surface area contributed by atoms with Crippen LogP contribution in [0.25, 0.3) is 0 Å². The summed E-state index contributed by atoms with van der Waals surface area (Å²) in [6.07, 6.45) is 3.77. The molecule has 2 aliphatic rings. The van der Waals surface area contributed by atoms with E-state index in [4.69, 9.17) is 5.73 Å². The fraction of sp³-hybridized carbons (Fsp3) is 0.368. The lowest BCUT2D eigenvalue weighted by Crippen LogP contribution is -2.46. The molecule has 1 atom stereocenters. The van der Waals surface area contributed by atoms with Gasteiger partial charge in [-0.25, -0.2) is 4.98 Å². The molecule has 154 valence electrons. The summed E-state index contributed by atoms with van der Waals surface area (Å²) in [5.74, 6) is 0.353. The Bertz CT molecular complexity index is 911. The summed E-state index contributed by atoms with van der Waals surface area (Å²) in [6.45, 7) is 3.20. The second-order valence-electron chi connectivity index (χ2n) is 7.23. The smallest absolute Gasteiger partial charge is 0.252 e. The Kier molecular flexibility index (Phi) is 5.54. The molecule has 29 heavy (non-hydrogen) atoms. The van der Waals surface area contributed by atoms with Crippen LogP contribution in [0, 0.1) is 0 Å². The number of pyridine rings is 1. The standard InChI is InChI=1S/C19H24N6O3S/c20-19(26)16-12-21-18(11-17(16)22-13-1-2-13)25-9-7-24(8-10-25)15-5-3-14(4-6-15)23-29(27)28/h3-6,11-13,23H,1-2,7-10H2,(H2,20,26)(H,21,22)(H,27,28)/p-1. The van der Waals surface area contributed by atoms with Crippen molar-refractivity contribution in [2.24, 2.45) is 5.73 Å². The Labute approximate surface area is 171 Å². The van der Waals surface area contributed by atoms with Crippen LogP contribution >= 0.6 is 0 Å². The van der Waals surface area contributed by atoms with Crippen molar-refractivity contribution >= 4 is 40.1 Å². The van der Waals surface area contributed by atoms with Crippen LogP contribution in [0.2, 0.25) is 0 Å². The van der Waals surface area contributed by atoms with E-state index in [9.17, 15) is 13.6 Å². The van der Waals surface area contributed by atoms with Crippen LogP contribution in [0.15, 0.2) is 36.5 Å². The lowest BCUT2D eigenvalue weighted by Gasteiger charge is -2.37. The molecule has 0 spiro atoms. The van der Waals surface area contributed by atoms with Crippen molar-refractivity contribution in [3.63, 3.8) is 0 Å². The van der Waals surface area contributed by atoms with Gasteiger partial charge in [0.15, 0.2) is 0 Å². The number of nitrogens with one attached hydrogen (secondary N) is 2. The molecular formula is C19H23N6O3S-. The first-order valence-electron chi connectivity index (χ1n) is 9.52. The minimum absolute atomic E-state index is 0.414. The van der Waals surface area contributed by atoms with Crippen LogP contribution in [0.5, 0.6) is 0 Å². The van der Waals surface area contributed by atoms with Gasteiger partial charge in [0.2, 0.25) is 0 Å². The molecule has 1 aromatic carbocycles. The van der Waals surface area contributed by atoms with Gasteiger partial charge in [-0.15, -0.1) is 0 Å². The van der Waals surface area contributed by atoms with Gasteiger partial charge in [-0.05, 0) is 37.1 Å². The molecule has 1 aromatic heterocycles. The number of nitrogens with two attached hydrogens (primary N) is 1. The van der Waals surface area contributed by atoms with E-state index in [1.165, 1.54) is 0 Å². The van der Waals surface area contributed by atoms with E-state index in [0.29, 0.717) is 17.3 Å². The van der Waals surface area contributed by atoms with Crippen molar-refractivity contribution in [1.82, 2.24) is 4.98 Å². The molecule has 0 bridgehead atoms. The minimum atomic E-state index is -2.32. The van der Waals surface area contributed by atoms with Crippen molar-refractivity contribution in [2.45, 2.75) is 18.9 Å². The summed E-state index contributed by atoms with van der Waals surface area (Å²) in [5.41, 5.74) is 8.24. The Morgan fingerprint density at radius 3 is 2.38 bits per heavy atom. The van der Waals surface area contributed by atoms with Gasteiger partial charge in [-0.2, -0.15) is 0 Å². The summed E-state index contributed by atoms with van der Waals surface area (Å²) in [4.78, 5) is 20.6. The average Bonchev–Trinajstić information content (AvgIpc) is 3.52. The number of amides is 1. The molecule has 1 saturated heterocycles. The number of anilines is 4. The van der Waals surface area contributed by atoms with E-state index in [1.807, 2.05) is 18.2 Å². The van der Waals surface area contributed by atoms with Crippen molar-refractivity contribution < 1.29 is 13.6 Å². The monoisotopic (exact) mass is 415 g/mol. The highest BCUT2D eigenvalue weighted by Crippen LogP contribution is 2.29. The molecule has 4 N–H and O–H groups in total. The molecule has 10 heteroatoms. The molecule has 9 nitrogen and oxygen atoms in total. The predicted molar refractivity (Wildman–Crippen MR) is 113 cm³/mol. The predicted octanol–water partition coefficient (Wildman–Crippen LogP) is 1.29. The number of benzene rings is 1. The van der Waals surface area contributed by atoms with Crippen LogP contribution in [0.3, 0.4) is 0 Å². The zero-order valence-electron chi connectivity index (χ0n) is 15.8. The number of aromatic nitrogens is 1. The second kappa shape index (κ2) is 8.26. The molecule has 1 unspecified atom stereocenters. The molecule has 1 aliphatic heterocycles. The summed E-state index contributed by atoms with van der Waals surface area (Å²) in [7, 11) is 0. The van der Waals surface area contributed by atoms with Crippen molar-refractivity contribution in [3.05, 3.63) is 42.1 Å². The topological polar surface area (TPSA) is 127 Å². The summed E-state index contributed by atoms with van der Waals surface area (Å²) >= 11 is -2.32. The van der Waals surface area contributed by atoms with E-state index in [0.717, 1.165) is 56.2 Å². The first-order chi connectivity index (χ1) is 14.0. The quantitative estimate of drug-likeness (QED) is 0.582. The van der Waals surface area contributed by atoms with Crippen LogP contribution < -0.4 is 25.6 Å². The maximum atomic E-state index is 11.7. The van der Waals surface area contributed by atoms with Crippen LogP contribution in [-0.4, -0.2) is 51.9 Å². The molecule has 1 amide bonds. The molecule has 1 aliphatic carbocycles. The largest absolute Gasteiger partial charge is 0.755 e. The Balaban J connectivity index is 1.41. The van der Waals surface area contributed by atoms with E-state index in [2.05, 4.69) is 24.8 Å². The van der Waals surface area contributed by atoms with Crippen LogP contribution in [0.1, 0.15) is 23.2 Å². The van der Waals surface area contributed by atoms with Gasteiger partial charge < -0.3 is 30.1 Å². The van der Waals surface area contributed by atoms with E-state index >= 15 is 0 Å². The number of nitrogens with zero attached hydrogens (tertiary/aromatic N) is 3.